The van der Waals surface area contributed by atoms with Gasteiger partial charge in [-0.25, -0.2) is 0 Å². The molecule has 0 unspecified atom stereocenters. The number of nitrogens with zero attached hydrogens (tertiary/aromatic N) is 3. The number of thioether (sulfide) groups is 1. The average Bonchev–Trinajstić information content (AvgIpc) is 3.00. The maximum Gasteiger partial charge on any atom is 0.191 e. The second-order valence-corrected chi connectivity index (χ2v) is 6.21. The number of rotatable bonds is 6. The molecule has 0 radical (unpaired) electrons. The lowest BCUT2D eigenvalue weighted by molar-refractivity contribution is 0.415. The topological polar surface area (TPSA) is 39.9 Å². The van der Waals surface area contributed by atoms with Gasteiger partial charge in [0.05, 0.1) is 7.11 Å². The highest BCUT2D eigenvalue weighted by Gasteiger charge is 2.11. The molecule has 0 atom stereocenters. The van der Waals surface area contributed by atoms with Gasteiger partial charge in [0.15, 0.2) is 11.0 Å². The lowest BCUT2D eigenvalue weighted by Gasteiger charge is -2.05. The van der Waals surface area contributed by atoms with Crippen molar-refractivity contribution in [3.63, 3.8) is 0 Å². The lowest BCUT2D eigenvalue weighted by Crippen LogP contribution is -1.95. The van der Waals surface area contributed by atoms with Crippen molar-refractivity contribution in [3.8, 4) is 17.1 Å². The summed E-state index contributed by atoms with van der Waals surface area (Å²) in [5.41, 5.74) is 2.20. The van der Waals surface area contributed by atoms with Crippen molar-refractivity contribution in [2.75, 3.05) is 12.9 Å². The van der Waals surface area contributed by atoms with E-state index >= 15 is 0 Å². The first kappa shape index (κ1) is 16.3. The van der Waals surface area contributed by atoms with Crippen molar-refractivity contribution in [2.24, 2.45) is 7.05 Å². The van der Waals surface area contributed by atoms with Gasteiger partial charge in [-0.3, -0.25) is 0 Å². The van der Waals surface area contributed by atoms with E-state index in [1.807, 2.05) is 54.1 Å². The van der Waals surface area contributed by atoms with Crippen LogP contribution in [0.15, 0.2) is 65.8 Å². The van der Waals surface area contributed by atoms with E-state index in [4.69, 9.17) is 4.74 Å². The van der Waals surface area contributed by atoms with Crippen molar-refractivity contribution >= 4 is 17.8 Å². The van der Waals surface area contributed by atoms with E-state index in [0.717, 1.165) is 28.0 Å². The van der Waals surface area contributed by atoms with Crippen LogP contribution in [0.25, 0.3) is 17.5 Å². The smallest absolute Gasteiger partial charge is 0.191 e. The van der Waals surface area contributed by atoms with Crippen LogP contribution in [0.3, 0.4) is 0 Å². The van der Waals surface area contributed by atoms with E-state index in [9.17, 15) is 0 Å². The molecule has 1 heterocycles. The van der Waals surface area contributed by atoms with Gasteiger partial charge in [0, 0.05) is 18.4 Å². The standard InChI is InChI=1S/C19H19N3OS/c1-22-18(16-11-6-12-17(14-16)23-2)20-21-19(22)24-13-7-10-15-8-4-3-5-9-15/h3-12,14H,13H2,1-2H3/b10-7+. The van der Waals surface area contributed by atoms with Crippen LogP contribution in [-0.2, 0) is 7.05 Å². The van der Waals surface area contributed by atoms with Crippen molar-refractivity contribution in [1.82, 2.24) is 14.8 Å². The summed E-state index contributed by atoms with van der Waals surface area (Å²) >= 11 is 1.66. The normalized spacial score (nSPS) is 11.1. The van der Waals surface area contributed by atoms with Crippen LogP contribution in [0.5, 0.6) is 5.75 Å². The largest absolute Gasteiger partial charge is 0.497 e. The van der Waals surface area contributed by atoms with Gasteiger partial charge in [-0.05, 0) is 17.7 Å². The molecule has 0 saturated carbocycles. The van der Waals surface area contributed by atoms with Crippen LogP contribution < -0.4 is 4.74 Å². The predicted molar refractivity (Wildman–Crippen MR) is 99.2 cm³/mol. The van der Waals surface area contributed by atoms with Gasteiger partial charge >= 0.3 is 0 Å². The fourth-order valence-corrected chi connectivity index (χ4v) is 3.05. The summed E-state index contributed by atoms with van der Waals surface area (Å²) in [6.07, 6.45) is 4.26. The second-order valence-electron chi connectivity index (χ2n) is 5.22. The predicted octanol–water partition coefficient (Wildman–Crippen LogP) is 4.30. The molecule has 2 aromatic carbocycles. The quantitative estimate of drug-likeness (QED) is 0.629. The Hall–Kier alpha value is -2.53. The van der Waals surface area contributed by atoms with E-state index in [-0.39, 0.29) is 0 Å². The Morgan fingerprint density at radius 1 is 1.08 bits per heavy atom. The van der Waals surface area contributed by atoms with Gasteiger partial charge in [0.1, 0.15) is 5.75 Å². The summed E-state index contributed by atoms with van der Waals surface area (Å²) in [5.74, 6) is 2.50. The van der Waals surface area contributed by atoms with Gasteiger partial charge in [-0.15, -0.1) is 10.2 Å². The highest BCUT2D eigenvalue weighted by atomic mass is 32.2. The van der Waals surface area contributed by atoms with Crippen LogP contribution in [0.4, 0.5) is 0 Å². The molecule has 0 fully saturated rings. The summed E-state index contributed by atoms with van der Waals surface area (Å²) in [7, 11) is 3.65. The Kier molecular flexibility index (Phi) is 5.33. The molecule has 0 spiro atoms. The summed E-state index contributed by atoms with van der Waals surface area (Å²) in [6, 6.07) is 18.1. The molecule has 1 aromatic heterocycles. The molecule has 122 valence electrons. The van der Waals surface area contributed by atoms with Crippen LogP contribution in [0.2, 0.25) is 0 Å². The maximum absolute atomic E-state index is 5.27. The Balaban J connectivity index is 1.67. The number of hydrogen-bond acceptors (Lipinski definition) is 4. The lowest BCUT2D eigenvalue weighted by atomic mass is 10.2. The molecule has 4 nitrogen and oxygen atoms in total. The van der Waals surface area contributed by atoms with E-state index in [1.54, 1.807) is 18.9 Å². The molecule has 24 heavy (non-hydrogen) atoms. The fourth-order valence-electron chi connectivity index (χ4n) is 2.33. The number of hydrogen-bond donors (Lipinski definition) is 0. The monoisotopic (exact) mass is 337 g/mol. The molecule has 0 bridgehead atoms. The molecule has 3 aromatic rings. The number of benzene rings is 2. The molecule has 3 rings (SSSR count). The van der Waals surface area contributed by atoms with Crippen LogP contribution in [0.1, 0.15) is 5.56 Å². The summed E-state index contributed by atoms with van der Waals surface area (Å²) < 4.78 is 7.28. The van der Waals surface area contributed by atoms with E-state index in [1.165, 1.54) is 5.56 Å². The maximum atomic E-state index is 5.27. The first-order valence-corrected chi connectivity index (χ1v) is 8.64. The third-order valence-corrected chi connectivity index (χ3v) is 4.55. The molecule has 0 aliphatic carbocycles. The zero-order chi connectivity index (χ0) is 16.8. The highest BCUT2D eigenvalue weighted by Crippen LogP contribution is 2.25. The molecule has 0 saturated heterocycles. The Bertz CT molecular complexity index is 828. The molecular formula is C19H19N3OS. The van der Waals surface area contributed by atoms with Crippen LogP contribution in [0, 0.1) is 0 Å². The number of ether oxygens (including phenoxy) is 1. The van der Waals surface area contributed by atoms with Crippen molar-refractivity contribution < 1.29 is 4.74 Å². The Morgan fingerprint density at radius 2 is 1.92 bits per heavy atom. The van der Waals surface area contributed by atoms with E-state index < -0.39 is 0 Å². The summed E-state index contributed by atoms with van der Waals surface area (Å²) in [6.45, 7) is 0. The first-order valence-electron chi connectivity index (χ1n) is 7.66. The molecule has 0 N–H and O–H groups in total. The minimum Gasteiger partial charge on any atom is -0.497 e. The summed E-state index contributed by atoms with van der Waals surface area (Å²) in [5, 5.41) is 9.50. The van der Waals surface area contributed by atoms with Gasteiger partial charge in [-0.2, -0.15) is 0 Å². The fraction of sp³-hybridized carbons (Fsp3) is 0.158. The Morgan fingerprint density at radius 3 is 2.71 bits per heavy atom. The summed E-state index contributed by atoms with van der Waals surface area (Å²) in [4.78, 5) is 0. The van der Waals surface area contributed by atoms with Crippen LogP contribution >= 0.6 is 11.8 Å². The van der Waals surface area contributed by atoms with Gasteiger partial charge in [0.25, 0.3) is 0 Å². The first-order chi connectivity index (χ1) is 11.8. The molecule has 0 aliphatic heterocycles. The van der Waals surface area contributed by atoms with Gasteiger partial charge < -0.3 is 9.30 Å². The Labute approximate surface area is 146 Å². The SMILES string of the molecule is COc1cccc(-c2nnc(SC/C=C/c3ccccc3)n2C)c1. The number of methoxy groups -OCH3 is 1. The highest BCUT2D eigenvalue weighted by molar-refractivity contribution is 7.99. The zero-order valence-electron chi connectivity index (χ0n) is 13.7. The van der Waals surface area contributed by atoms with E-state index in [0.29, 0.717) is 0 Å². The van der Waals surface area contributed by atoms with Gasteiger partial charge in [-0.1, -0.05) is 66.4 Å². The molecule has 5 heteroatoms. The second kappa shape index (κ2) is 7.84. The minimum absolute atomic E-state index is 0.815. The average molecular weight is 337 g/mol. The van der Waals surface area contributed by atoms with E-state index in [2.05, 4.69) is 34.5 Å². The van der Waals surface area contributed by atoms with Crippen molar-refractivity contribution in [3.05, 3.63) is 66.2 Å². The van der Waals surface area contributed by atoms with Crippen molar-refractivity contribution in [1.29, 1.82) is 0 Å². The number of aromatic nitrogens is 3. The zero-order valence-corrected chi connectivity index (χ0v) is 14.5. The minimum atomic E-state index is 0.815. The third kappa shape index (κ3) is 3.86. The molecular weight excluding hydrogens is 318 g/mol. The van der Waals surface area contributed by atoms with Gasteiger partial charge in [0.2, 0.25) is 0 Å². The molecule has 0 amide bonds. The molecule has 0 aliphatic rings. The van der Waals surface area contributed by atoms with Crippen molar-refractivity contribution in [2.45, 2.75) is 5.16 Å². The van der Waals surface area contributed by atoms with Crippen LogP contribution in [-0.4, -0.2) is 27.6 Å². The third-order valence-electron chi connectivity index (χ3n) is 3.58.